The SMILES string of the molecule is CC(O)C(=O)[O-].CNC.[Na+]. The van der Waals surface area contributed by atoms with E-state index in [1.165, 1.54) is 0 Å². The molecule has 2 N–H and O–H groups in total. The predicted molar refractivity (Wildman–Crippen MR) is 31.7 cm³/mol. The summed E-state index contributed by atoms with van der Waals surface area (Å²) in [5.74, 6) is -1.44. The van der Waals surface area contributed by atoms with Crippen molar-refractivity contribution in [1.82, 2.24) is 5.32 Å². The van der Waals surface area contributed by atoms with E-state index >= 15 is 0 Å². The topological polar surface area (TPSA) is 72.4 Å². The molecule has 1 atom stereocenters. The van der Waals surface area contributed by atoms with Gasteiger partial charge in [-0.2, -0.15) is 0 Å². The van der Waals surface area contributed by atoms with Crippen LogP contribution in [0, 0.1) is 0 Å². The molecular formula is C5H12NNaO3. The summed E-state index contributed by atoms with van der Waals surface area (Å²) in [6.45, 7) is 1.13. The Morgan fingerprint density at radius 1 is 1.60 bits per heavy atom. The number of hydrogen-bond donors (Lipinski definition) is 2. The number of aliphatic hydroxyl groups is 1. The minimum absolute atomic E-state index is 0. The van der Waals surface area contributed by atoms with Crippen LogP contribution in [0.25, 0.3) is 0 Å². The molecule has 56 valence electrons. The van der Waals surface area contributed by atoms with Crippen molar-refractivity contribution in [2.24, 2.45) is 0 Å². The number of carboxylic acid groups (broad SMARTS) is 1. The van der Waals surface area contributed by atoms with E-state index in [1.807, 2.05) is 14.1 Å². The van der Waals surface area contributed by atoms with Crippen molar-refractivity contribution in [2.75, 3.05) is 14.1 Å². The quantitative estimate of drug-likeness (QED) is 0.374. The van der Waals surface area contributed by atoms with Gasteiger partial charge in [-0.15, -0.1) is 0 Å². The van der Waals surface area contributed by atoms with Crippen molar-refractivity contribution >= 4 is 5.97 Å². The van der Waals surface area contributed by atoms with Gasteiger partial charge in [0.2, 0.25) is 0 Å². The number of hydrogen-bond acceptors (Lipinski definition) is 4. The molecule has 0 aromatic carbocycles. The minimum Gasteiger partial charge on any atom is -0.547 e. The van der Waals surface area contributed by atoms with Crippen molar-refractivity contribution < 1.29 is 44.6 Å². The molecule has 0 radical (unpaired) electrons. The van der Waals surface area contributed by atoms with E-state index in [0.29, 0.717) is 0 Å². The van der Waals surface area contributed by atoms with E-state index in [1.54, 1.807) is 0 Å². The Balaban J connectivity index is -0.000000107. The maximum Gasteiger partial charge on any atom is 1.00 e. The molecule has 0 aliphatic rings. The van der Waals surface area contributed by atoms with Gasteiger partial charge in [0, 0.05) is 0 Å². The fraction of sp³-hybridized carbons (Fsp3) is 0.800. The normalized spacial score (nSPS) is 10.0. The van der Waals surface area contributed by atoms with Crippen LogP contribution < -0.4 is 40.0 Å². The van der Waals surface area contributed by atoms with Crippen molar-refractivity contribution in [3.05, 3.63) is 0 Å². The van der Waals surface area contributed by atoms with Gasteiger partial charge in [-0.1, -0.05) is 0 Å². The number of aliphatic hydroxyl groups excluding tert-OH is 1. The summed E-state index contributed by atoms with van der Waals surface area (Å²) in [6, 6.07) is 0. The van der Waals surface area contributed by atoms with Gasteiger partial charge in [-0.05, 0) is 21.0 Å². The largest absolute Gasteiger partial charge is 1.00 e. The van der Waals surface area contributed by atoms with Crippen LogP contribution in [-0.4, -0.2) is 31.3 Å². The van der Waals surface area contributed by atoms with Gasteiger partial charge >= 0.3 is 29.6 Å². The zero-order valence-electron chi connectivity index (χ0n) is 6.84. The summed E-state index contributed by atoms with van der Waals surface area (Å²) >= 11 is 0. The van der Waals surface area contributed by atoms with E-state index in [4.69, 9.17) is 5.11 Å². The Bertz CT molecular complexity index is 77.3. The van der Waals surface area contributed by atoms with Crippen LogP contribution in [0.2, 0.25) is 0 Å². The zero-order chi connectivity index (χ0) is 7.86. The first-order chi connectivity index (χ1) is 4.06. The molecule has 0 spiro atoms. The van der Waals surface area contributed by atoms with Crippen LogP contribution in [0.5, 0.6) is 0 Å². The monoisotopic (exact) mass is 157 g/mol. The minimum atomic E-state index is -1.44. The predicted octanol–water partition coefficient (Wildman–Crippen LogP) is -5.04. The average Bonchev–Trinajstić information content (AvgIpc) is 1.68. The summed E-state index contributed by atoms with van der Waals surface area (Å²) in [5, 5.41) is 20.1. The molecule has 4 nitrogen and oxygen atoms in total. The Morgan fingerprint density at radius 3 is 1.70 bits per heavy atom. The zero-order valence-corrected chi connectivity index (χ0v) is 8.84. The van der Waals surface area contributed by atoms with Crippen molar-refractivity contribution in [1.29, 1.82) is 0 Å². The summed E-state index contributed by atoms with van der Waals surface area (Å²) in [7, 11) is 3.75. The van der Waals surface area contributed by atoms with Crippen LogP contribution in [0.15, 0.2) is 0 Å². The van der Waals surface area contributed by atoms with Crippen LogP contribution in [0.4, 0.5) is 0 Å². The van der Waals surface area contributed by atoms with Gasteiger partial charge < -0.3 is 20.3 Å². The molecule has 0 fully saturated rings. The molecule has 1 unspecified atom stereocenters. The number of aliphatic carboxylic acids is 1. The fourth-order valence-electron chi connectivity index (χ4n) is 0. The molecule has 0 rings (SSSR count). The second kappa shape index (κ2) is 12.1. The first-order valence-electron chi connectivity index (χ1n) is 2.53. The molecule has 0 aliphatic carbocycles. The third-order valence-corrected chi connectivity index (χ3v) is 0.341. The molecule has 0 aromatic heterocycles. The van der Waals surface area contributed by atoms with E-state index in [9.17, 15) is 9.90 Å². The van der Waals surface area contributed by atoms with Crippen LogP contribution in [0.3, 0.4) is 0 Å². The van der Waals surface area contributed by atoms with Crippen molar-refractivity contribution in [2.45, 2.75) is 13.0 Å². The average molecular weight is 157 g/mol. The van der Waals surface area contributed by atoms with E-state index in [-0.39, 0.29) is 29.6 Å². The standard InChI is InChI=1S/C3H6O3.C2H7N.Na/c1-2(4)3(5)6;1-3-2;/h2,4H,1H3,(H,5,6);3H,1-2H3;/q;;+1/p-1. The van der Waals surface area contributed by atoms with Gasteiger partial charge in [0.05, 0.1) is 12.1 Å². The van der Waals surface area contributed by atoms with Gasteiger partial charge in [-0.25, -0.2) is 0 Å². The molecule has 0 amide bonds. The van der Waals surface area contributed by atoms with Gasteiger partial charge in [0.25, 0.3) is 0 Å². The van der Waals surface area contributed by atoms with Gasteiger partial charge in [0.15, 0.2) is 0 Å². The number of carbonyl (C=O) groups is 1. The van der Waals surface area contributed by atoms with E-state index < -0.39 is 12.1 Å². The second-order valence-corrected chi connectivity index (χ2v) is 1.50. The van der Waals surface area contributed by atoms with Crippen LogP contribution in [0.1, 0.15) is 6.92 Å². The number of carboxylic acids is 1. The Morgan fingerprint density at radius 2 is 1.70 bits per heavy atom. The first-order valence-corrected chi connectivity index (χ1v) is 2.53. The summed E-state index contributed by atoms with van der Waals surface area (Å²) in [5.41, 5.74) is 0. The Hall–Kier alpha value is 0.390. The number of nitrogens with one attached hydrogen (secondary N) is 1. The molecule has 0 heterocycles. The van der Waals surface area contributed by atoms with E-state index in [0.717, 1.165) is 6.92 Å². The fourth-order valence-corrected chi connectivity index (χ4v) is 0. The molecule has 0 aromatic rings. The molecule has 0 saturated carbocycles. The van der Waals surface area contributed by atoms with Crippen molar-refractivity contribution in [3.8, 4) is 0 Å². The van der Waals surface area contributed by atoms with E-state index in [2.05, 4.69) is 5.32 Å². The summed E-state index contributed by atoms with van der Waals surface area (Å²) < 4.78 is 0. The first kappa shape index (κ1) is 16.8. The molecule has 0 aliphatic heterocycles. The molecule has 0 saturated heterocycles. The van der Waals surface area contributed by atoms with Gasteiger partial charge in [0.1, 0.15) is 0 Å². The molecule has 5 heteroatoms. The van der Waals surface area contributed by atoms with Crippen molar-refractivity contribution in [3.63, 3.8) is 0 Å². The Labute approximate surface area is 82.9 Å². The van der Waals surface area contributed by atoms with Crippen LogP contribution >= 0.6 is 0 Å². The molecule has 0 bridgehead atoms. The Kier molecular flexibility index (Phi) is 20.3. The maximum atomic E-state index is 9.34. The summed E-state index contributed by atoms with van der Waals surface area (Å²) in [6.07, 6.45) is -1.34. The number of carbonyl (C=O) groups excluding carboxylic acids is 1. The second-order valence-electron chi connectivity index (χ2n) is 1.50. The van der Waals surface area contributed by atoms with Gasteiger partial charge in [-0.3, -0.25) is 0 Å². The third-order valence-electron chi connectivity index (χ3n) is 0.341. The van der Waals surface area contributed by atoms with Crippen LogP contribution in [-0.2, 0) is 4.79 Å². The maximum absolute atomic E-state index is 9.34. The smallest absolute Gasteiger partial charge is 0.547 e. The third kappa shape index (κ3) is 23.8. The molecular weight excluding hydrogens is 145 g/mol. The molecule has 10 heavy (non-hydrogen) atoms. The summed E-state index contributed by atoms with van der Waals surface area (Å²) in [4.78, 5) is 9.34. The number of rotatable bonds is 1.